The molecule has 3 fully saturated rings. The van der Waals surface area contributed by atoms with Crippen LogP contribution in [0.25, 0.3) is 0 Å². The minimum absolute atomic E-state index is 0.0125. The van der Waals surface area contributed by atoms with Crippen LogP contribution >= 0.6 is 0 Å². The van der Waals surface area contributed by atoms with Gasteiger partial charge in [0.05, 0.1) is 13.2 Å². The maximum Gasteiger partial charge on any atom is 0.232 e. The van der Waals surface area contributed by atoms with Crippen LogP contribution in [-0.4, -0.2) is 93.6 Å². The van der Waals surface area contributed by atoms with E-state index in [0.29, 0.717) is 37.2 Å². The molecule has 3 saturated heterocycles. The lowest BCUT2D eigenvalue weighted by atomic mass is 9.79. The molecule has 0 radical (unpaired) electrons. The van der Waals surface area contributed by atoms with E-state index in [2.05, 4.69) is 90.8 Å². The van der Waals surface area contributed by atoms with E-state index in [9.17, 15) is 0 Å². The average Bonchev–Trinajstić information content (AvgIpc) is 2.84. The number of hydrogen-bond acceptors (Lipinski definition) is 11. The van der Waals surface area contributed by atoms with Crippen molar-refractivity contribution in [2.75, 3.05) is 54.9 Å². The molecule has 11 nitrogen and oxygen atoms in total. The lowest BCUT2D eigenvalue weighted by molar-refractivity contribution is 0.0648. The molecule has 1 aromatic heterocycles. The highest BCUT2D eigenvalue weighted by molar-refractivity contribution is 5.45. The third-order valence-electron chi connectivity index (χ3n) is 8.99. The van der Waals surface area contributed by atoms with E-state index >= 15 is 0 Å². The number of nitrogens with two attached hydrogens (primary N) is 2. The number of hydrazine groups is 1. The molecule has 4 heterocycles. The predicted molar refractivity (Wildman–Crippen MR) is 173 cm³/mol. The highest BCUT2D eigenvalue weighted by atomic mass is 16.5. The van der Waals surface area contributed by atoms with E-state index in [1.54, 1.807) is 0 Å². The summed E-state index contributed by atoms with van der Waals surface area (Å²) in [6.45, 7) is 23.0. The zero-order valence-corrected chi connectivity index (χ0v) is 27.8. The van der Waals surface area contributed by atoms with Crippen molar-refractivity contribution >= 4 is 17.8 Å². The number of hydrogen-bond donors (Lipinski definition) is 4. The molecule has 0 atom stereocenters. The van der Waals surface area contributed by atoms with Crippen LogP contribution in [0.2, 0.25) is 0 Å². The van der Waals surface area contributed by atoms with Gasteiger partial charge in [0.2, 0.25) is 17.8 Å². The molecule has 0 amide bonds. The number of nitrogens with zero attached hydrogens (tertiary/aromatic N) is 6. The highest BCUT2D eigenvalue weighted by Gasteiger charge is 2.41. The minimum Gasteiger partial charge on any atom is -0.378 e. The smallest absolute Gasteiger partial charge is 0.232 e. The van der Waals surface area contributed by atoms with Gasteiger partial charge in [0, 0.05) is 60.4 Å². The first-order valence-corrected chi connectivity index (χ1v) is 16.2. The summed E-state index contributed by atoms with van der Waals surface area (Å²) in [6.07, 6.45) is 8.65. The molecule has 4 rings (SSSR count). The molecular formula is C31H60N10O. The van der Waals surface area contributed by atoms with Crippen molar-refractivity contribution in [3.63, 3.8) is 0 Å². The summed E-state index contributed by atoms with van der Waals surface area (Å²) in [5, 5.41) is 9.70. The number of ether oxygens (including phenoxy) is 1. The first-order valence-electron chi connectivity index (χ1n) is 16.2. The Morgan fingerprint density at radius 3 is 1.79 bits per heavy atom. The number of aromatic nitrogens is 3. The summed E-state index contributed by atoms with van der Waals surface area (Å²) in [7, 11) is 0. The first-order chi connectivity index (χ1) is 19.5. The van der Waals surface area contributed by atoms with Crippen LogP contribution in [-0.2, 0) is 4.74 Å². The second kappa shape index (κ2) is 13.1. The molecule has 6 N–H and O–H groups in total. The summed E-state index contributed by atoms with van der Waals surface area (Å²) < 4.78 is 5.55. The van der Waals surface area contributed by atoms with Gasteiger partial charge < -0.3 is 30.9 Å². The van der Waals surface area contributed by atoms with E-state index in [-0.39, 0.29) is 28.1 Å². The van der Waals surface area contributed by atoms with Gasteiger partial charge in [-0.2, -0.15) is 15.0 Å². The van der Waals surface area contributed by atoms with E-state index in [0.717, 1.165) is 77.5 Å². The second-order valence-electron chi connectivity index (χ2n) is 15.6. The summed E-state index contributed by atoms with van der Waals surface area (Å²) in [5.41, 5.74) is 6.51. The fraction of sp³-hybridized carbons (Fsp3) is 0.903. The van der Waals surface area contributed by atoms with Crippen molar-refractivity contribution in [3.05, 3.63) is 0 Å². The number of anilines is 3. The van der Waals surface area contributed by atoms with Gasteiger partial charge in [-0.25, -0.2) is 5.01 Å². The van der Waals surface area contributed by atoms with E-state index in [1.165, 1.54) is 0 Å². The molecular weight excluding hydrogens is 528 g/mol. The number of nitrogens with one attached hydrogen (secondary N) is 2. The Morgan fingerprint density at radius 2 is 1.24 bits per heavy atom. The van der Waals surface area contributed by atoms with Gasteiger partial charge in [-0.1, -0.05) is 12.8 Å². The van der Waals surface area contributed by atoms with Gasteiger partial charge in [0.1, 0.15) is 0 Å². The monoisotopic (exact) mass is 588 g/mol. The van der Waals surface area contributed by atoms with Gasteiger partial charge >= 0.3 is 0 Å². The standard InChI is InChI=1S/C31H60N10O/c1-28(2)19-23(20-29(3,4)37-28)40(27-35-25(32)34-26(36-27)39-15-17-42-18-16-39)13-11-9-10-12-14-41(33)24-21-30(5,6)38-31(7,8)22-24/h23-24,37-38H,9-22,33H2,1-8H3,(H2,32,34,35,36). The van der Waals surface area contributed by atoms with E-state index < -0.39 is 0 Å². The molecule has 240 valence electrons. The molecule has 0 aliphatic carbocycles. The van der Waals surface area contributed by atoms with Crippen molar-refractivity contribution in [2.24, 2.45) is 5.84 Å². The van der Waals surface area contributed by atoms with E-state index in [4.69, 9.17) is 21.3 Å². The molecule has 0 aromatic carbocycles. The molecule has 42 heavy (non-hydrogen) atoms. The zero-order valence-electron chi connectivity index (χ0n) is 27.8. The van der Waals surface area contributed by atoms with Crippen molar-refractivity contribution in [2.45, 2.75) is 141 Å². The summed E-state index contributed by atoms with van der Waals surface area (Å²) in [5.74, 6) is 8.26. The normalized spacial score (nSPS) is 24.2. The Kier molecular flexibility index (Phi) is 10.3. The van der Waals surface area contributed by atoms with Crippen molar-refractivity contribution in [1.82, 2.24) is 30.6 Å². The molecule has 3 aliphatic rings. The Morgan fingerprint density at radius 1 is 0.738 bits per heavy atom. The van der Waals surface area contributed by atoms with Gasteiger partial charge in [-0.15, -0.1) is 0 Å². The number of rotatable bonds is 11. The Bertz CT molecular complexity index is 991. The second-order valence-corrected chi connectivity index (χ2v) is 15.6. The Labute approximate surface area is 254 Å². The minimum atomic E-state index is 0.0125. The molecule has 11 heteroatoms. The van der Waals surface area contributed by atoms with Gasteiger partial charge in [0.25, 0.3) is 0 Å². The fourth-order valence-corrected chi connectivity index (χ4v) is 7.95. The van der Waals surface area contributed by atoms with Crippen LogP contribution in [0.5, 0.6) is 0 Å². The molecule has 0 spiro atoms. The Balaban J connectivity index is 1.38. The van der Waals surface area contributed by atoms with Crippen molar-refractivity contribution in [3.8, 4) is 0 Å². The molecule has 0 bridgehead atoms. The number of piperidine rings is 2. The third-order valence-corrected chi connectivity index (χ3v) is 8.99. The number of unbranched alkanes of at least 4 members (excludes halogenated alkanes) is 3. The summed E-state index contributed by atoms with van der Waals surface area (Å²) >= 11 is 0. The topological polar surface area (TPSA) is 134 Å². The Hall–Kier alpha value is -1.79. The summed E-state index contributed by atoms with van der Waals surface area (Å²) in [6, 6.07) is 0.718. The lowest BCUT2D eigenvalue weighted by Crippen LogP contribution is -2.63. The maximum atomic E-state index is 6.61. The van der Waals surface area contributed by atoms with Crippen molar-refractivity contribution < 1.29 is 4.74 Å². The summed E-state index contributed by atoms with van der Waals surface area (Å²) in [4.78, 5) is 18.8. The number of nitrogen functional groups attached to an aromatic ring is 1. The van der Waals surface area contributed by atoms with Crippen LogP contribution < -0.4 is 32.0 Å². The van der Waals surface area contributed by atoms with Crippen LogP contribution in [0, 0.1) is 0 Å². The largest absolute Gasteiger partial charge is 0.378 e. The molecule has 3 aliphatic heterocycles. The van der Waals surface area contributed by atoms with E-state index in [1.807, 2.05) is 0 Å². The first kappa shape index (κ1) is 33.1. The average molecular weight is 589 g/mol. The lowest BCUT2D eigenvalue weighted by Gasteiger charge is -2.49. The van der Waals surface area contributed by atoms with Crippen LogP contribution in [0.1, 0.15) is 107 Å². The molecule has 1 aromatic rings. The van der Waals surface area contributed by atoms with Crippen LogP contribution in [0.3, 0.4) is 0 Å². The van der Waals surface area contributed by atoms with Gasteiger partial charge in [-0.05, 0) is 93.9 Å². The SMILES string of the molecule is CC1(C)CC(N(N)CCCCCCN(c2nc(N)nc(N3CCOCC3)n2)C2CC(C)(C)NC(C)(C)C2)CC(C)(C)N1. The van der Waals surface area contributed by atoms with Gasteiger partial charge in [-0.3, -0.25) is 5.84 Å². The quantitative estimate of drug-likeness (QED) is 0.172. The maximum absolute atomic E-state index is 6.61. The molecule has 0 saturated carbocycles. The zero-order chi connectivity index (χ0) is 30.8. The number of morpholine rings is 1. The predicted octanol–water partition coefficient (Wildman–Crippen LogP) is 3.45. The van der Waals surface area contributed by atoms with Gasteiger partial charge in [0.15, 0.2) is 0 Å². The highest BCUT2D eigenvalue weighted by Crippen LogP contribution is 2.34. The van der Waals surface area contributed by atoms with Crippen LogP contribution in [0.4, 0.5) is 17.8 Å². The molecule has 0 unspecified atom stereocenters. The fourth-order valence-electron chi connectivity index (χ4n) is 7.95. The third kappa shape index (κ3) is 9.35. The van der Waals surface area contributed by atoms with Crippen LogP contribution in [0.15, 0.2) is 0 Å². The van der Waals surface area contributed by atoms with Crippen molar-refractivity contribution in [1.29, 1.82) is 0 Å².